The number of hydrogen-bond acceptors (Lipinski definition) is 6. The molecule has 2 aromatic carbocycles. The minimum atomic E-state index is -0.346. The van der Waals surface area contributed by atoms with E-state index >= 15 is 0 Å². The Morgan fingerprint density at radius 2 is 2.08 bits per heavy atom. The first-order valence-electron chi connectivity index (χ1n) is 7.14. The molecule has 0 saturated heterocycles. The van der Waals surface area contributed by atoms with E-state index in [-0.39, 0.29) is 17.5 Å². The SMILES string of the molecule is N#Cc1ccc(NC(=O)COc2ccc(-c3nnco3)cc2)cc1Cl. The lowest BCUT2D eigenvalue weighted by atomic mass is 10.2. The lowest BCUT2D eigenvalue weighted by Crippen LogP contribution is -2.20. The fraction of sp³-hybridized carbons (Fsp3) is 0.0588. The number of carbonyl (C=O) groups excluding carboxylic acids is 1. The van der Waals surface area contributed by atoms with Crippen molar-refractivity contribution in [3.05, 3.63) is 59.4 Å². The van der Waals surface area contributed by atoms with Crippen molar-refractivity contribution in [3.63, 3.8) is 0 Å². The van der Waals surface area contributed by atoms with Crippen molar-refractivity contribution >= 4 is 23.2 Å². The van der Waals surface area contributed by atoms with Crippen molar-refractivity contribution in [2.45, 2.75) is 0 Å². The summed E-state index contributed by atoms with van der Waals surface area (Å²) in [4.78, 5) is 11.9. The van der Waals surface area contributed by atoms with Gasteiger partial charge in [-0.25, -0.2) is 0 Å². The molecule has 25 heavy (non-hydrogen) atoms. The Kier molecular flexibility index (Phi) is 4.92. The maximum Gasteiger partial charge on any atom is 0.262 e. The average molecular weight is 355 g/mol. The summed E-state index contributed by atoms with van der Waals surface area (Å²) in [6.45, 7) is -0.169. The van der Waals surface area contributed by atoms with Crippen LogP contribution >= 0.6 is 11.6 Å². The van der Waals surface area contributed by atoms with E-state index in [9.17, 15) is 4.79 Å². The van der Waals surface area contributed by atoms with Crippen molar-refractivity contribution in [2.75, 3.05) is 11.9 Å². The number of anilines is 1. The van der Waals surface area contributed by atoms with Crippen molar-refractivity contribution in [2.24, 2.45) is 0 Å². The first-order chi connectivity index (χ1) is 12.2. The van der Waals surface area contributed by atoms with E-state index in [1.807, 2.05) is 6.07 Å². The van der Waals surface area contributed by atoms with Crippen LogP contribution in [0.1, 0.15) is 5.56 Å². The molecule has 8 heteroatoms. The van der Waals surface area contributed by atoms with Crippen LogP contribution in [0.3, 0.4) is 0 Å². The molecule has 3 rings (SSSR count). The van der Waals surface area contributed by atoms with E-state index in [1.165, 1.54) is 18.5 Å². The first kappa shape index (κ1) is 16.5. The summed E-state index contributed by atoms with van der Waals surface area (Å²) in [5.41, 5.74) is 1.59. The molecule has 1 aromatic heterocycles. The van der Waals surface area contributed by atoms with E-state index in [2.05, 4.69) is 15.5 Å². The number of amides is 1. The molecule has 0 saturated carbocycles. The number of ether oxygens (including phenoxy) is 1. The van der Waals surface area contributed by atoms with Gasteiger partial charge < -0.3 is 14.5 Å². The predicted octanol–water partition coefficient (Wildman–Crippen LogP) is 3.28. The summed E-state index contributed by atoms with van der Waals surface area (Å²) in [6.07, 6.45) is 1.25. The van der Waals surface area contributed by atoms with E-state index in [4.69, 9.17) is 26.0 Å². The summed E-state index contributed by atoms with van der Waals surface area (Å²) in [5.74, 6) is 0.583. The highest BCUT2D eigenvalue weighted by molar-refractivity contribution is 6.32. The van der Waals surface area contributed by atoms with Gasteiger partial charge in [0.05, 0.1) is 10.6 Å². The lowest BCUT2D eigenvalue weighted by Gasteiger charge is -2.08. The van der Waals surface area contributed by atoms with Gasteiger partial charge >= 0.3 is 0 Å². The fourth-order valence-corrected chi connectivity index (χ4v) is 2.24. The van der Waals surface area contributed by atoms with Gasteiger partial charge in [0, 0.05) is 11.3 Å². The van der Waals surface area contributed by atoms with Crippen LogP contribution in [0.15, 0.2) is 53.3 Å². The Balaban J connectivity index is 1.55. The smallest absolute Gasteiger partial charge is 0.262 e. The molecule has 124 valence electrons. The van der Waals surface area contributed by atoms with Crippen LogP contribution in [0.5, 0.6) is 5.75 Å². The molecule has 0 unspecified atom stereocenters. The average Bonchev–Trinajstić information content (AvgIpc) is 3.15. The third-order valence-electron chi connectivity index (χ3n) is 3.20. The highest BCUT2D eigenvalue weighted by Crippen LogP contribution is 2.21. The van der Waals surface area contributed by atoms with Crippen molar-refractivity contribution in [1.29, 1.82) is 5.26 Å². The van der Waals surface area contributed by atoms with Crippen LogP contribution in [0, 0.1) is 11.3 Å². The van der Waals surface area contributed by atoms with Gasteiger partial charge in [0.25, 0.3) is 5.91 Å². The van der Waals surface area contributed by atoms with E-state index < -0.39 is 0 Å². The Labute approximate surface area is 147 Å². The highest BCUT2D eigenvalue weighted by Gasteiger charge is 2.07. The van der Waals surface area contributed by atoms with Crippen molar-refractivity contribution < 1.29 is 13.9 Å². The molecule has 0 radical (unpaired) electrons. The zero-order valence-electron chi connectivity index (χ0n) is 12.8. The topological polar surface area (TPSA) is 101 Å². The first-order valence-corrected chi connectivity index (χ1v) is 7.52. The van der Waals surface area contributed by atoms with Crippen LogP contribution in [0.4, 0.5) is 5.69 Å². The van der Waals surface area contributed by atoms with Crippen molar-refractivity contribution in [1.82, 2.24) is 10.2 Å². The Bertz CT molecular complexity index is 918. The predicted molar refractivity (Wildman–Crippen MR) is 90.0 cm³/mol. The van der Waals surface area contributed by atoms with Gasteiger partial charge in [0.1, 0.15) is 11.8 Å². The second-order valence-corrected chi connectivity index (χ2v) is 5.32. The third kappa shape index (κ3) is 4.13. The van der Waals surface area contributed by atoms with Gasteiger partial charge in [-0.3, -0.25) is 4.79 Å². The van der Waals surface area contributed by atoms with E-state index in [1.54, 1.807) is 30.3 Å². The number of halogens is 1. The molecular formula is C17H11ClN4O3. The van der Waals surface area contributed by atoms with Gasteiger partial charge in [-0.2, -0.15) is 5.26 Å². The van der Waals surface area contributed by atoms with Crippen LogP contribution in [-0.4, -0.2) is 22.7 Å². The van der Waals surface area contributed by atoms with Crippen LogP contribution in [0.25, 0.3) is 11.5 Å². The maximum absolute atomic E-state index is 11.9. The number of benzene rings is 2. The molecule has 0 aliphatic rings. The summed E-state index contributed by atoms with van der Waals surface area (Å²) < 4.78 is 10.5. The molecule has 0 aliphatic heterocycles. The highest BCUT2D eigenvalue weighted by atomic mass is 35.5. The molecule has 0 aliphatic carbocycles. The number of rotatable bonds is 5. The molecule has 1 N–H and O–H groups in total. The monoisotopic (exact) mass is 354 g/mol. The molecule has 3 aromatic rings. The zero-order chi connectivity index (χ0) is 17.6. The molecule has 0 atom stereocenters. The standard InChI is InChI=1S/C17H11ClN4O3/c18-15-7-13(4-1-12(15)8-19)21-16(23)9-24-14-5-2-11(3-6-14)17-22-20-10-25-17/h1-7,10H,9H2,(H,21,23). The minimum absolute atomic E-state index is 0.169. The van der Waals surface area contributed by atoms with E-state index in [0.717, 1.165) is 5.56 Å². The van der Waals surface area contributed by atoms with Gasteiger partial charge in [-0.05, 0) is 42.5 Å². The van der Waals surface area contributed by atoms with Crippen LogP contribution in [-0.2, 0) is 4.79 Å². The second kappa shape index (κ2) is 7.47. The quantitative estimate of drug-likeness (QED) is 0.754. The molecule has 0 bridgehead atoms. The number of nitrogens with zero attached hydrogens (tertiary/aromatic N) is 3. The minimum Gasteiger partial charge on any atom is -0.484 e. The number of carbonyl (C=O) groups is 1. The number of aromatic nitrogens is 2. The molecule has 0 spiro atoms. The lowest BCUT2D eigenvalue weighted by molar-refractivity contribution is -0.118. The van der Waals surface area contributed by atoms with Crippen molar-refractivity contribution in [3.8, 4) is 23.3 Å². The molecular weight excluding hydrogens is 344 g/mol. The molecule has 0 fully saturated rings. The molecule has 7 nitrogen and oxygen atoms in total. The normalized spacial score (nSPS) is 10.1. The largest absolute Gasteiger partial charge is 0.484 e. The zero-order valence-corrected chi connectivity index (χ0v) is 13.5. The number of nitrogens with one attached hydrogen (secondary N) is 1. The maximum atomic E-state index is 11.9. The number of hydrogen-bond donors (Lipinski definition) is 1. The van der Waals surface area contributed by atoms with Gasteiger partial charge in [0.15, 0.2) is 6.61 Å². The Morgan fingerprint density at radius 3 is 2.72 bits per heavy atom. The summed E-state index contributed by atoms with van der Waals surface area (Å²) >= 11 is 5.92. The van der Waals surface area contributed by atoms with Crippen LogP contribution < -0.4 is 10.1 Å². The van der Waals surface area contributed by atoms with Gasteiger partial charge in [-0.15, -0.1) is 10.2 Å². The fourth-order valence-electron chi connectivity index (χ4n) is 2.02. The summed E-state index contributed by atoms with van der Waals surface area (Å²) in [5, 5.41) is 19.2. The van der Waals surface area contributed by atoms with Crippen LogP contribution in [0.2, 0.25) is 5.02 Å². The Hall–Kier alpha value is -3.37. The van der Waals surface area contributed by atoms with Gasteiger partial charge in [0.2, 0.25) is 12.3 Å². The third-order valence-corrected chi connectivity index (χ3v) is 3.52. The molecule has 1 heterocycles. The number of nitriles is 1. The van der Waals surface area contributed by atoms with E-state index in [0.29, 0.717) is 22.9 Å². The summed E-state index contributed by atoms with van der Waals surface area (Å²) in [6, 6.07) is 13.5. The van der Waals surface area contributed by atoms with Gasteiger partial charge in [-0.1, -0.05) is 11.6 Å². The second-order valence-electron chi connectivity index (χ2n) is 4.91. The summed E-state index contributed by atoms with van der Waals surface area (Å²) in [7, 11) is 0. The molecule has 1 amide bonds. The Morgan fingerprint density at radius 1 is 1.28 bits per heavy atom.